The maximum Gasteiger partial charge on any atom is 0.337 e. The van der Waals surface area contributed by atoms with Crippen LogP contribution < -0.4 is 9.64 Å². The van der Waals surface area contributed by atoms with E-state index in [9.17, 15) is 14.3 Å². The second-order valence-corrected chi connectivity index (χ2v) is 4.63. The van der Waals surface area contributed by atoms with Gasteiger partial charge in [0.25, 0.3) is 0 Å². The number of methoxy groups -OCH3 is 1. The van der Waals surface area contributed by atoms with Crippen LogP contribution in [0.2, 0.25) is 0 Å². The Balaban J connectivity index is 2.32. The molecule has 2 aromatic carbocycles. The van der Waals surface area contributed by atoms with Gasteiger partial charge in [-0.05, 0) is 24.3 Å². The first kappa shape index (κ1) is 14.8. The van der Waals surface area contributed by atoms with Crippen molar-refractivity contribution >= 4 is 11.7 Å². The quantitative estimate of drug-likeness (QED) is 0.918. The number of carboxylic acid groups (broad SMARTS) is 1. The Kier molecular flexibility index (Phi) is 4.42. The van der Waals surface area contributed by atoms with E-state index in [0.717, 1.165) is 17.4 Å². The molecule has 4 nitrogen and oxygen atoms in total. The molecule has 5 heteroatoms. The Bertz CT molecular complexity index is 658. The molecule has 0 aromatic heterocycles. The van der Waals surface area contributed by atoms with Crippen molar-refractivity contribution in [3.8, 4) is 5.75 Å². The summed E-state index contributed by atoms with van der Waals surface area (Å²) in [4.78, 5) is 13.0. The third kappa shape index (κ3) is 3.31. The maximum atomic E-state index is 13.2. The fraction of sp³-hybridized carbons (Fsp3) is 0.188. The van der Waals surface area contributed by atoms with Crippen LogP contribution in [0.3, 0.4) is 0 Å². The molecule has 0 saturated heterocycles. The molecule has 0 aliphatic rings. The van der Waals surface area contributed by atoms with Crippen molar-refractivity contribution in [1.29, 1.82) is 0 Å². The number of hydrogen-bond acceptors (Lipinski definition) is 3. The predicted octanol–water partition coefficient (Wildman–Crippen LogP) is 3.17. The predicted molar refractivity (Wildman–Crippen MR) is 78.5 cm³/mol. The van der Waals surface area contributed by atoms with Gasteiger partial charge < -0.3 is 14.7 Å². The number of halogens is 1. The molecule has 1 N–H and O–H groups in total. The molecule has 110 valence electrons. The Morgan fingerprint density at radius 1 is 1.29 bits per heavy atom. The van der Waals surface area contributed by atoms with Gasteiger partial charge in [0.1, 0.15) is 11.6 Å². The first-order chi connectivity index (χ1) is 10.0. The summed E-state index contributed by atoms with van der Waals surface area (Å²) in [7, 11) is 3.34. The Morgan fingerprint density at radius 2 is 2.00 bits per heavy atom. The third-order valence-corrected chi connectivity index (χ3v) is 3.20. The molecule has 2 rings (SSSR count). The molecule has 0 atom stereocenters. The highest BCUT2D eigenvalue weighted by atomic mass is 19.1. The first-order valence-corrected chi connectivity index (χ1v) is 6.39. The zero-order valence-corrected chi connectivity index (χ0v) is 11.8. The molecule has 0 aliphatic carbocycles. The molecule has 0 spiro atoms. The van der Waals surface area contributed by atoms with Crippen LogP contribution >= 0.6 is 0 Å². The summed E-state index contributed by atoms with van der Waals surface area (Å²) < 4.78 is 18.5. The molecule has 0 bridgehead atoms. The van der Waals surface area contributed by atoms with Crippen molar-refractivity contribution in [1.82, 2.24) is 0 Å². The van der Waals surface area contributed by atoms with Gasteiger partial charge in [-0.1, -0.05) is 18.2 Å². The lowest BCUT2D eigenvalue weighted by molar-refractivity contribution is 0.0697. The highest BCUT2D eigenvalue weighted by Crippen LogP contribution is 2.25. The third-order valence-electron chi connectivity index (χ3n) is 3.20. The van der Waals surface area contributed by atoms with E-state index in [1.165, 1.54) is 12.1 Å². The summed E-state index contributed by atoms with van der Waals surface area (Å²) in [5, 5.41) is 9.19. The van der Waals surface area contributed by atoms with E-state index in [1.54, 1.807) is 19.1 Å². The normalized spacial score (nSPS) is 10.2. The average Bonchev–Trinajstić information content (AvgIpc) is 2.47. The number of para-hydroxylation sites is 1. The minimum absolute atomic E-state index is 0.0626. The van der Waals surface area contributed by atoms with Crippen LogP contribution in [0.15, 0.2) is 42.5 Å². The number of nitrogens with zero attached hydrogens (tertiary/aromatic N) is 1. The van der Waals surface area contributed by atoms with E-state index in [4.69, 9.17) is 4.74 Å². The number of ether oxygens (including phenoxy) is 1. The van der Waals surface area contributed by atoms with Crippen molar-refractivity contribution in [3.63, 3.8) is 0 Å². The van der Waals surface area contributed by atoms with E-state index in [1.807, 2.05) is 24.3 Å². The lowest BCUT2D eigenvalue weighted by atomic mass is 10.1. The molecule has 0 aliphatic heterocycles. The van der Waals surface area contributed by atoms with Gasteiger partial charge in [0, 0.05) is 19.2 Å². The van der Waals surface area contributed by atoms with Gasteiger partial charge in [-0.2, -0.15) is 0 Å². The van der Waals surface area contributed by atoms with E-state index >= 15 is 0 Å². The number of carboxylic acids is 1. The number of rotatable bonds is 5. The molecule has 0 amide bonds. The fourth-order valence-electron chi connectivity index (χ4n) is 2.19. The molecule has 0 unspecified atom stereocenters. The number of hydrogen-bond donors (Lipinski definition) is 1. The second kappa shape index (κ2) is 6.26. The highest BCUT2D eigenvalue weighted by Gasteiger charge is 2.15. The van der Waals surface area contributed by atoms with Gasteiger partial charge in [0.15, 0.2) is 0 Å². The largest absolute Gasteiger partial charge is 0.496 e. The molecule has 21 heavy (non-hydrogen) atoms. The van der Waals surface area contributed by atoms with E-state index < -0.39 is 11.8 Å². The minimum atomic E-state index is -1.16. The maximum absolute atomic E-state index is 13.2. The topological polar surface area (TPSA) is 49.8 Å². The highest BCUT2D eigenvalue weighted by molar-refractivity contribution is 5.94. The zero-order valence-electron chi connectivity index (χ0n) is 11.8. The van der Waals surface area contributed by atoms with Crippen LogP contribution in [0.5, 0.6) is 5.75 Å². The van der Waals surface area contributed by atoms with Gasteiger partial charge in [0.2, 0.25) is 0 Å². The van der Waals surface area contributed by atoms with Crippen molar-refractivity contribution in [3.05, 3.63) is 59.4 Å². The standard InChI is InChI=1S/C16H16FNO3/c1-18(10-11-5-3-4-6-15(11)21-2)14-8-7-12(17)9-13(14)16(19)20/h3-9H,10H2,1-2H3,(H,19,20). The van der Waals surface area contributed by atoms with E-state index in [0.29, 0.717) is 12.2 Å². The monoisotopic (exact) mass is 289 g/mol. The van der Waals surface area contributed by atoms with Gasteiger partial charge in [-0.25, -0.2) is 9.18 Å². The van der Waals surface area contributed by atoms with Crippen LogP contribution in [-0.4, -0.2) is 25.2 Å². The fourth-order valence-corrected chi connectivity index (χ4v) is 2.19. The lowest BCUT2D eigenvalue weighted by Crippen LogP contribution is -2.20. The zero-order chi connectivity index (χ0) is 15.4. The van der Waals surface area contributed by atoms with Crippen LogP contribution in [0.4, 0.5) is 10.1 Å². The van der Waals surface area contributed by atoms with Gasteiger partial charge >= 0.3 is 5.97 Å². The van der Waals surface area contributed by atoms with E-state index in [2.05, 4.69) is 0 Å². The van der Waals surface area contributed by atoms with Gasteiger partial charge in [-0.15, -0.1) is 0 Å². The number of benzene rings is 2. The summed E-state index contributed by atoms with van der Waals surface area (Å²) in [5.41, 5.74) is 1.31. The van der Waals surface area contributed by atoms with Gasteiger partial charge in [0.05, 0.1) is 18.4 Å². The minimum Gasteiger partial charge on any atom is -0.496 e. The number of anilines is 1. The Hall–Kier alpha value is -2.56. The van der Waals surface area contributed by atoms with Crippen LogP contribution in [-0.2, 0) is 6.54 Å². The molecule has 0 radical (unpaired) electrons. The Morgan fingerprint density at radius 3 is 2.67 bits per heavy atom. The molecule has 0 heterocycles. The molecule has 0 fully saturated rings. The van der Waals surface area contributed by atoms with Crippen molar-refractivity contribution in [2.24, 2.45) is 0 Å². The molecular formula is C16H16FNO3. The second-order valence-electron chi connectivity index (χ2n) is 4.63. The summed E-state index contributed by atoms with van der Waals surface area (Å²) in [6.07, 6.45) is 0. The Labute approximate surface area is 122 Å². The van der Waals surface area contributed by atoms with E-state index in [-0.39, 0.29) is 5.56 Å². The number of aromatic carboxylic acids is 1. The lowest BCUT2D eigenvalue weighted by Gasteiger charge is -2.22. The van der Waals surface area contributed by atoms with Crippen LogP contribution in [0.1, 0.15) is 15.9 Å². The molecular weight excluding hydrogens is 273 g/mol. The SMILES string of the molecule is COc1ccccc1CN(C)c1ccc(F)cc1C(=O)O. The van der Waals surface area contributed by atoms with Crippen molar-refractivity contribution in [2.45, 2.75) is 6.54 Å². The summed E-state index contributed by atoms with van der Waals surface area (Å²) in [6, 6.07) is 11.2. The van der Waals surface area contributed by atoms with Crippen molar-refractivity contribution in [2.75, 3.05) is 19.1 Å². The van der Waals surface area contributed by atoms with Gasteiger partial charge in [-0.3, -0.25) is 0 Å². The molecule has 0 saturated carbocycles. The number of carbonyl (C=O) groups is 1. The summed E-state index contributed by atoms with van der Waals surface area (Å²) in [5.74, 6) is -0.999. The van der Waals surface area contributed by atoms with Crippen LogP contribution in [0.25, 0.3) is 0 Å². The summed E-state index contributed by atoms with van der Waals surface area (Å²) in [6.45, 7) is 0.454. The average molecular weight is 289 g/mol. The molecule has 2 aromatic rings. The van der Waals surface area contributed by atoms with Crippen LogP contribution in [0, 0.1) is 5.82 Å². The first-order valence-electron chi connectivity index (χ1n) is 6.39. The van der Waals surface area contributed by atoms with Crippen molar-refractivity contribution < 1.29 is 19.0 Å². The smallest absolute Gasteiger partial charge is 0.337 e. The summed E-state index contributed by atoms with van der Waals surface area (Å²) >= 11 is 0.